The lowest BCUT2D eigenvalue weighted by molar-refractivity contribution is 0.485. The molecule has 2 nitrogen and oxygen atoms in total. The molecule has 0 bridgehead atoms. The fraction of sp³-hybridized carbons (Fsp3) is 0.571. The zero-order valence-corrected chi connectivity index (χ0v) is 38.7. The van der Waals surface area contributed by atoms with E-state index in [-0.39, 0.29) is 16.1 Å². The summed E-state index contributed by atoms with van der Waals surface area (Å²) in [7, 11) is -0.751. The lowest BCUT2D eigenvalue weighted by atomic mass is 9.76. The van der Waals surface area contributed by atoms with Crippen molar-refractivity contribution in [2.75, 3.05) is 10.2 Å². The van der Waals surface area contributed by atoms with Gasteiger partial charge in [-0.05, 0) is 187 Å². The Morgan fingerprint density at radius 1 is 0.350 bits per heavy atom. The number of nitrogens with one attached hydrogen (secondary N) is 2. The molecule has 4 aromatic rings. The normalized spacial score (nSPS) is 21.2. The van der Waals surface area contributed by atoms with Crippen LogP contribution in [0.15, 0.2) is 72.8 Å². The summed E-state index contributed by atoms with van der Waals surface area (Å²) < 4.78 is 0. The molecule has 0 aromatic heterocycles. The van der Waals surface area contributed by atoms with E-state index in [1.54, 1.807) is 33.4 Å². The van der Waals surface area contributed by atoms with E-state index < -0.39 is 0 Å². The van der Waals surface area contributed by atoms with Crippen LogP contribution >= 0.6 is 16.1 Å². The Balaban J connectivity index is 1.26. The lowest BCUT2D eigenvalue weighted by Gasteiger charge is -2.42. The molecule has 0 aliphatic heterocycles. The molecule has 4 fully saturated rings. The summed E-state index contributed by atoms with van der Waals surface area (Å²) in [5.74, 6) is 0. The van der Waals surface area contributed by atoms with Crippen LogP contribution in [0.4, 0.5) is 11.4 Å². The van der Waals surface area contributed by atoms with Gasteiger partial charge in [-0.15, -0.1) is 0 Å². The summed E-state index contributed by atoms with van der Waals surface area (Å²) in [6, 6.07) is 28.8. The largest absolute Gasteiger partial charge is 0.363 e. The molecule has 60 heavy (non-hydrogen) atoms. The average Bonchev–Trinajstić information content (AvgIpc) is 3.33. The Hall–Kier alpha value is -2.66. The number of hydrogen-bond donors (Lipinski definition) is 2. The molecule has 4 saturated carbocycles. The summed E-state index contributed by atoms with van der Waals surface area (Å²) in [6.45, 7) is 0. The van der Waals surface area contributed by atoms with Crippen molar-refractivity contribution in [1.82, 2.24) is 0 Å². The minimum atomic E-state index is -0.376. The minimum Gasteiger partial charge on any atom is -0.363 e. The molecule has 10 rings (SSSR count). The first-order valence-electron chi connectivity index (χ1n) is 25.4. The Bertz CT molecular complexity index is 1830. The zero-order chi connectivity index (χ0) is 40.1. The van der Waals surface area contributed by atoms with E-state index in [2.05, 4.69) is 72.8 Å². The molecule has 0 heterocycles. The maximum absolute atomic E-state index is 4.82. The Morgan fingerprint density at radius 3 is 1.00 bits per heavy atom. The molecule has 0 unspecified atom stereocenters. The summed E-state index contributed by atoms with van der Waals surface area (Å²) >= 11 is 0. The van der Waals surface area contributed by atoms with Gasteiger partial charge in [-0.1, -0.05) is 138 Å². The van der Waals surface area contributed by atoms with Gasteiger partial charge < -0.3 is 10.2 Å². The first-order chi connectivity index (χ1) is 29.8. The van der Waals surface area contributed by atoms with Crippen molar-refractivity contribution in [3.63, 3.8) is 0 Å². The summed E-state index contributed by atoms with van der Waals surface area (Å²) in [4.78, 5) is 0. The van der Waals surface area contributed by atoms with Crippen LogP contribution in [0.1, 0.15) is 176 Å². The van der Waals surface area contributed by atoms with Crippen molar-refractivity contribution in [2.24, 2.45) is 0 Å². The van der Waals surface area contributed by atoms with Gasteiger partial charge in [0.15, 0.2) is 0 Å². The van der Waals surface area contributed by atoms with Gasteiger partial charge in [0.25, 0.3) is 0 Å². The highest BCUT2D eigenvalue weighted by Gasteiger charge is 2.38. The van der Waals surface area contributed by atoms with Gasteiger partial charge in [-0.3, -0.25) is 0 Å². The number of rotatable bonds is 11. The van der Waals surface area contributed by atoms with Crippen molar-refractivity contribution in [3.05, 3.63) is 95.1 Å². The van der Waals surface area contributed by atoms with E-state index in [0.717, 1.165) is 22.6 Å². The molecular formula is C56H74N2P2. The first kappa shape index (κ1) is 41.4. The third-order valence-electron chi connectivity index (χ3n) is 16.1. The van der Waals surface area contributed by atoms with Gasteiger partial charge in [0.2, 0.25) is 0 Å². The minimum absolute atomic E-state index is 0.376. The smallest absolute Gasteiger partial charge is 0.0535 e. The monoisotopic (exact) mass is 837 g/mol. The number of hydrogen-bond acceptors (Lipinski definition) is 2. The highest BCUT2D eigenvalue weighted by atomic mass is 31.1. The van der Waals surface area contributed by atoms with Crippen LogP contribution in [0.2, 0.25) is 0 Å². The van der Waals surface area contributed by atoms with Crippen LogP contribution in [0.3, 0.4) is 0 Å². The molecule has 4 aromatic carbocycles. The summed E-state index contributed by atoms with van der Waals surface area (Å²) in [6.07, 6.45) is 38.6. The highest BCUT2D eigenvalue weighted by molar-refractivity contribution is 7.61. The van der Waals surface area contributed by atoms with E-state index in [9.17, 15) is 0 Å². The topological polar surface area (TPSA) is 24.1 Å². The predicted octanol–water partition coefficient (Wildman–Crippen LogP) is 17.4. The van der Waals surface area contributed by atoms with Gasteiger partial charge in [-0.25, -0.2) is 0 Å². The van der Waals surface area contributed by atoms with Crippen molar-refractivity contribution < 1.29 is 0 Å². The number of benzene rings is 4. The zero-order valence-electron chi connectivity index (χ0n) is 36.9. The summed E-state index contributed by atoms with van der Waals surface area (Å²) in [5.41, 5.74) is 22.2. The molecule has 0 amide bonds. The van der Waals surface area contributed by atoms with E-state index in [1.807, 2.05) is 0 Å². The quantitative estimate of drug-likeness (QED) is 0.147. The second-order valence-electron chi connectivity index (χ2n) is 20.0. The molecule has 6 aliphatic rings. The van der Waals surface area contributed by atoms with E-state index in [0.29, 0.717) is 0 Å². The fourth-order valence-corrected chi connectivity index (χ4v) is 19.5. The first-order valence-corrected chi connectivity index (χ1v) is 28.3. The van der Waals surface area contributed by atoms with Crippen LogP contribution in [0.25, 0.3) is 33.4 Å². The maximum Gasteiger partial charge on any atom is 0.0535 e. The highest BCUT2D eigenvalue weighted by Crippen LogP contribution is 2.62. The van der Waals surface area contributed by atoms with Gasteiger partial charge in [0, 0.05) is 22.3 Å². The molecule has 4 heteroatoms. The van der Waals surface area contributed by atoms with Crippen LogP contribution in [-0.4, -0.2) is 22.6 Å². The standard InChI is InChI=1S/C56H74N2P2/c1-7-23-41(24-8-1)51-39-43-27-19-21-37-49(43)53(55(51)57-59(45-29-11-3-12-30-45)46-31-13-4-14-32-46)54-50-38-22-20-28-44(50)40-52(42-25-9-2-10-26-42)56(54)58-60(47-33-15-5-16-34-47)48-35-17-6-18-36-48/h1-2,7-10,23-26,39-40,45-48,57-58H,3-6,11-22,27-38H2. The van der Waals surface area contributed by atoms with E-state index >= 15 is 0 Å². The Labute approximate surface area is 366 Å². The molecule has 2 N–H and O–H groups in total. The predicted molar refractivity (Wildman–Crippen MR) is 265 cm³/mol. The second-order valence-corrected chi connectivity index (χ2v) is 25.0. The average molecular weight is 837 g/mol. The van der Waals surface area contributed by atoms with Crippen LogP contribution in [-0.2, 0) is 25.7 Å². The van der Waals surface area contributed by atoms with Crippen molar-refractivity contribution >= 4 is 27.5 Å². The van der Waals surface area contributed by atoms with Gasteiger partial charge in [-0.2, -0.15) is 0 Å². The fourth-order valence-electron chi connectivity index (χ4n) is 12.9. The third kappa shape index (κ3) is 8.92. The second kappa shape index (κ2) is 19.8. The van der Waals surface area contributed by atoms with Crippen molar-refractivity contribution in [1.29, 1.82) is 0 Å². The lowest BCUT2D eigenvalue weighted by Crippen LogP contribution is -2.25. The molecule has 0 saturated heterocycles. The molecule has 318 valence electrons. The molecule has 6 aliphatic carbocycles. The molecule has 0 radical (unpaired) electrons. The SMILES string of the molecule is c1ccc(-c2cc3c(c(-c4c5c(cc(-c6ccccc6)c4NP(C4CCCCC4)C4CCCCC4)CCCC5)c2NP(C2CCCCC2)C2CCCCC2)CCCC3)cc1. The molecular weight excluding hydrogens is 763 g/mol. The number of fused-ring (bicyclic) bond motifs is 2. The number of aryl methyl sites for hydroxylation is 2. The van der Waals surface area contributed by atoms with Gasteiger partial charge in [0.1, 0.15) is 0 Å². The van der Waals surface area contributed by atoms with Gasteiger partial charge >= 0.3 is 0 Å². The van der Waals surface area contributed by atoms with Gasteiger partial charge in [0.05, 0.1) is 11.4 Å². The van der Waals surface area contributed by atoms with E-state index in [1.165, 1.54) is 213 Å². The van der Waals surface area contributed by atoms with Crippen LogP contribution in [0, 0.1) is 0 Å². The molecule has 0 atom stereocenters. The Kier molecular flexibility index (Phi) is 13.7. The summed E-state index contributed by atoms with van der Waals surface area (Å²) in [5, 5.41) is 9.64. The van der Waals surface area contributed by atoms with Crippen molar-refractivity contribution in [3.8, 4) is 33.4 Å². The van der Waals surface area contributed by atoms with Crippen LogP contribution < -0.4 is 10.2 Å². The Morgan fingerprint density at radius 2 is 0.667 bits per heavy atom. The number of anilines is 2. The van der Waals surface area contributed by atoms with E-state index in [4.69, 9.17) is 10.2 Å². The third-order valence-corrected chi connectivity index (χ3v) is 22.3. The van der Waals surface area contributed by atoms with Crippen molar-refractivity contribution in [2.45, 2.75) is 202 Å². The molecule has 0 spiro atoms. The maximum atomic E-state index is 4.82. The van der Waals surface area contributed by atoms with Crippen LogP contribution in [0.5, 0.6) is 0 Å².